The predicted octanol–water partition coefficient (Wildman–Crippen LogP) is 23.1. The summed E-state index contributed by atoms with van der Waals surface area (Å²) in [5.74, 6) is -0.874. The van der Waals surface area contributed by atoms with E-state index in [2.05, 4.69) is 106 Å². The molecule has 0 aromatic carbocycles. The van der Waals surface area contributed by atoms with Crippen LogP contribution in [0.2, 0.25) is 0 Å². The summed E-state index contributed by atoms with van der Waals surface area (Å²) < 4.78 is 17.0. The van der Waals surface area contributed by atoms with Gasteiger partial charge in [-0.25, -0.2) is 0 Å². The van der Waals surface area contributed by atoms with Crippen molar-refractivity contribution in [1.82, 2.24) is 0 Å². The Bertz CT molecular complexity index is 1480. The van der Waals surface area contributed by atoms with Gasteiger partial charge in [0, 0.05) is 19.3 Å². The fourth-order valence-corrected chi connectivity index (χ4v) is 9.62. The zero-order valence-corrected chi connectivity index (χ0v) is 51.7. The van der Waals surface area contributed by atoms with Crippen LogP contribution in [0, 0.1) is 0 Å². The summed E-state index contributed by atoms with van der Waals surface area (Å²) in [6, 6.07) is 0. The minimum atomic E-state index is -0.783. The lowest BCUT2D eigenvalue weighted by Crippen LogP contribution is -2.30. The Morgan fingerprint density at radius 3 is 0.808 bits per heavy atom. The summed E-state index contributed by atoms with van der Waals surface area (Å²) in [5, 5.41) is 0. The van der Waals surface area contributed by atoms with E-state index in [0.717, 1.165) is 109 Å². The number of hydrogen-bond donors (Lipinski definition) is 0. The molecule has 0 radical (unpaired) electrons. The van der Waals surface area contributed by atoms with E-state index >= 15 is 0 Å². The van der Waals surface area contributed by atoms with E-state index in [-0.39, 0.29) is 31.1 Å². The van der Waals surface area contributed by atoms with E-state index in [4.69, 9.17) is 14.2 Å². The lowest BCUT2D eigenvalue weighted by Gasteiger charge is -2.18. The molecule has 0 fully saturated rings. The maximum Gasteiger partial charge on any atom is 0.306 e. The number of hydrogen-bond acceptors (Lipinski definition) is 6. The molecule has 0 amide bonds. The molecule has 0 N–H and O–H groups in total. The number of ether oxygens (including phenoxy) is 3. The van der Waals surface area contributed by atoms with Crippen molar-refractivity contribution < 1.29 is 28.6 Å². The van der Waals surface area contributed by atoms with E-state index in [1.165, 1.54) is 186 Å². The first-order valence-electron chi connectivity index (χ1n) is 33.6. The molecule has 0 aromatic heterocycles. The third-order valence-corrected chi connectivity index (χ3v) is 14.6. The molecule has 1 unspecified atom stereocenters. The monoisotopic (exact) mass is 1090 g/mol. The van der Waals surface area contributed by atoms with Gasteiger partial charge in [0.25, 0.3) is 0 Å². The highest BCUT2D eigenvalue weighted by Gasteiger charge is 2.19. The van der Waals surface area contributed by atoms with Crippen LogP contribution in [-0.2, 0) is 28.6 Å². The molecule has 0 spiro atoms. The van der Waals surface area contributed by atoms with Crippen molar-refractivity contribution in [1.29, 1.82) is 0 Å². The van der Waals surface area contributed by atoms with Crippen LogP contribution in [0.1, 0.15) is 335 Å². The van der Waals surface area contributed by atoms with Gasteiger partial charge in [0.2, 0.25) is 0 Å². The molecule has 0 aliphatic rings. The first kappa shape index (κ1) is 74.6. The first-order valence-corrected chi connectivity index (χ1v) is 33.6. The Morgan fingerprint density at radius 2 is 0.500 bits per heavy atom. The van der Waals surface area contributed by atoms with E-state index in [1.807, 2.05) is 0 Å². The molecule has 0 aliphatic carbocycles. The Labute approximate surface area is 484 Å². The van der Waals surface area contributed by atoms with Gasteiger partial charge in [0.05, 0.1) is 0 Å². The maximum atomic E-state index is 12.9. The van der Waals surface area contributed by atoms with Crippen molar-refractivity contribution in [2.75, 3.05) is 13.2 Å². The van der Waals surface area contributed by atoms with E-state index < -0.39 is 6.10 Å². The number of carbonyl (C=O) groups excluding carboxylic acids is 3. The van der Waals surface area contributed by atoms with Gasteiger partial charge in [-0.3, -0.25) is 14.4 Å². The van der Waals surface area contributed by atoms with Gasteiger partial charge in [-0.15, -0.1) is 0 Å². The Morgan fingerprint density at radius 1 is 0.269 bits per heavy atom. The number of esters is 3. The molecule has 0 aliphatic heterocycles. The molecule has 450 valence electrons. The first-order chi connectivity index (χ1) is 38.5. The van der Waals surface area contributed by atoms with Gasteiger partial charge in [-0.2, -0.15) is 0 Å². The van der Waals surface area contributed by atoms with Crippen LogP contribution in [0.3, 0.4) is 0 Å². The Kier molecular flexibility index (Phi) is 63.2. The van der Waals surface area contributed by atoms with Gasteiger partial charge in [0.15, 0.2) is 6.10 Å². The number of unbranched alkanes of at least 4 members (excludes halogenated alkanes) is 36. The summed E-state index contributed by atoms with van der Waals surface area (Å²) in [7, 11) is 0. The van der Waals surface area contributed by atoms with Crippen LogP contribution >= 0.6 is 0 Å². The highest BCUT2D eigenvalue weighted by molar-refractivity contribution is 5.71. The van der Waals surface area contributed by atoms with Crippen molar-refractivity contribution in [3.8, 4) is 0 Å². The van der Waals surface area contributed by atoms with Gasteiger partial charge in [-0.1, -0.05) is 305 Å². The third-order valence-electron chi connectivity index (χ3n) is 14.6. The number of rotatable bonds is 61. The number of allylic oxidation sites excluding steroid dienone is 14. The third kappa shape index (κ3) is 63.4. The van der Waals surface area contributed by atoms with Crippen molar-refractivity contribution >= 4 is 17.9 Å². The fraction of sp³-hybridized carbons (Fsp3) is 0.764. The fourth-order valence-electron chi connectivity index (χ4n) is 9.62. The average molecular weight is 1090 g/mol. The van der Waals surface area contributed by atoms with E-state index in [0.29, 0.717) is 19.3 Å². The lowest BCUT2D eigenvalue weighted by atomic mass is 10.0. The lowest BCUT2D eigenvalue weighted by molar-refractivity contribution is -0.167. The molecule has 0 rings (SSSR count). The molecular weight excluding hydrogens is 961 g/mol. The van der Waals surface area contributed by atoms with E-state index in [1.54, 1.807) is 0 Å². The highest BCUT2D eigenvalue weighted by atomic mass is 16.6. The molecule has 0 heterocycles. The van der Waals surface area contributed by atoms with Crippen molar-refractivity contribution in [2.24, 2.45) is 0 Å². The second kappa shape index (κ2) is 66.1. The summed E-state index contributed by atoms with van der Waals surface area (Å²) in [6.45, 7) is 6.53. The molecule has 6 heteroatoms. The molecule has 6 nitrogen and oxygen atoms in total. The zero-order chi connectivity index (χ0) is 56.4. The summed E-state index contributed by atoms with van der Waals surface area (Å²) in [4.78, 5) is 38.4. The SMILES string of the molecule is CC/C=C\C/C=C\C/C=C\C/C=C\CCCCCCCCCCCCCCCCC(=O)OCC(COC(=O)CCCCCCCCCCCCCCCC)OC(=O)CCCCCCCC/C=C\C/C=C\C/C=C\CCCCC. The molecule has 0 saturated heterocycles. The van der Waals surface area contributed by atoms with Crippen molar-refractivity contribution in [3.63, 3.8) is 0 Å². The Hall–Kier alpha value is -3.41. The quantitative estimate of drug-likeness (QED) is 0.0261. The summed E-state index contributed by atoms with van der Waals surface area (Å²) in [5.41, 5.74) is 0. The molecule has 0 saturated carbocycles. The zero-order valence-electron chi connectivity index (χ0n) is 51.7. The van der Waals surface area contributed by atoms with E-state index in [9.17, 15) is 14.4 Å². The van der Waals surface area contributed by atoms with Crippen molar-refractivity contribution in [3.05, 3.63) is 85.1 Å². The minimum absolute atomic E-state index is 0.0779. The minimum Gasteiger partial charge on any atom is -0.462 e. The predicted molar refractivity (Wildman–Crippen MR) is 339 cm³/mol. The van der Waals surface area contributed by atoms with Crippen LogP contribution in [0.5, 0.6) is 0 Å². The smallest absolute Gasteiger partial charge is 0.306 e. The van der Waals surface area contributed by atoms with Crippen LogP contribution < -0.4 is 0 Å². The molecule has 0 aromatic rings. The standard InChI is InChI=1S/C72H126O6/c1-4-7-10-13-16-19-22-25-28-30-32-33-34-35-36-37-38-39-41-42-44-47-50-53-56-59-62-65-71(74)77-68-69(67-76-70(73)64-61-58-55-52-49-46-27-24-21-18-15-12-9-6-3)78-72(75)66-63-60-57-54-51-48-45-43-40-31-29-26-23-20-17-14-11-8-5-2/h7,10,16-17,19-20,25-26,28-29,32-33,40,43,69H,4-6,8-9,11-15,18,21-24,27,30-31,34-39,41-42,44-68H2,1-3H3/b10-7-,19-16-,20-17-,28-25-,29-26-,33-32-,43-40-. The highest BCUT2D eigenvalue weighted by Crippen LogP contribution is 2.17. The molecule has 78 heavy (non-hydrogen) atoms. The van der Waals surface area contributed by atoms with Gasteiger partial charge >= 0.3 is 17.9 Å². The van der Waals surface area contributed by atoms with Crippen molar-refractivity contribution in [2.45, 2.75) is 341 Å². The van der Waals surface area contributed by atoms with Gasteiger partial charge < -0.3 is 14.2 Å². The van der Waals surface area contributed by atoms with Gasteiger partial charge in [0.1, 0.15) is 13.2 Å². The second-order valence-electron chi connectivity index (χ2n) is 22.4. The largest absolute Gasteiger partial charge is 0.462 e. The van der Waals surface area contributed by atoms with Crippen LogP contribution in [-0.4, -0.2) is 37.2 Å². The summed E-state index contributed by atoms with van der Waals surface area (Å²) in [6.07, 6.45) is 87.3. The second-order valence-corrected chi connectivity index (χ2v) is 22.4. The van der Waals surface area contributed by atoms with Crippen LogP contribution in [0.15, 0.2) is 85.1 Å². The van der Waals surface area contributed by atoms with Crippen LogP contribution in [0.4, 0.5) is 0 Å². The topological polar surface area (TPSA) is 78.9 Å². The van der Waals surface area contributed by atoms with Crippen LogP contribution in [0.25, 0.3) is 0 Å². The summed E-state index contributed by atoms with van der Waals surface area (Å²) >= 11 is 0. The molecule has 0 bridgehead atoms. The average Bonchev–Trinajstić information content (AvgIpc) is 3.44. The maximum absolute atomic E-state index is 12.9. The number of carbonyl (C=O) groups is 3. The van der Waals surface area contributed by atoms with Gasteiger partial charge in [-0.05, 0) is 96.3 Å². The normalized spacial score (nSPS) is 12.6. The Balaban J connectivity index is 4.30. The molecule has 1 atom stereocenters. The molecular formula is C72H126O6.